The molecule has 2 heterocycles. The predicted octanol–water partition coefficient (Wildman–Crippen LogP) is 6.67. The van der Waals surface area contributed by atoms with Crippen LogP contribution >= 0.6 is 19.6 Å². The van der Waals surface area contributed by atoms with E-state index in [0.29, 0.717) is 11.6 Å². The summed E-state index contributed by atoms with van der Waals surface area (Å²) in [5.74, 6) is -3.45. The van der Waals surface area contributed by atoms with Gasteiger partial charge in [0.15, 0.2) is 18.5 Å². The zero-order valence-electron chi connectivity index (χ0n) is 28.0. The summed E-state index contributed by atoms with van der Waals surface area (Å²) >= 11 is 1.26. The third-order valence-corrected chi connectivity index (χ3v) is 10.1. The molecule has 1 aliphatic heterocycles. The molecule has 17 heteroatoms. The average molecular weight is 761 g/mol. The molecule has 0 bridgehead atoms. The number of allylic oxidation sites excluding steroid dienone is 2. The van der Waals surface area contributed by atoms with Crippen LogP contribution in [-0.4, -0.2) is 70.6 Å². The zero-order valence-corrected chi connectivity index (χ0v) is 29.7. The highest BCUT2D eigenvalue weighted by molar-refractivity contribution is 8.00. The molecular weight excluding hydrogens is 724 g/mol. The van der Waals surface area contributed by atoms with Crippen LogP contribution in [0.5, 0.6) is 0 Å². The van der Waals surface area contributed by atoms with Gasteiger partial charge in [0.1, 0.15) is 30.1 Å². The van der Waals surface area contributed by atoms with E-state index in [-0.39, 0.29) is 49.3 Å². The first-order chi connectivity index (χ1) is 25.0. The van der Waals surface area contributed by atoms with Crippen LogP contribution in [-0.2, 0) is 49.3 Å². The van der Waals surface area contributed by atoms with Gasteiger partial charge in [-0.2, -0.15) is 10.4 Å². The molecule has 276 valence electrons. The molecule has 2 atom stereocenters. The Balaban J connectivity index is 1.51. The second-order valence-corrected chi connectivity index (χ2v) is 14.3. The Labute approximate surface area is 303 Å². The van der Waals surface area contributed by atoms with Gasteiger partial charge in [-0.05, 0) is 37.3 Å². The molecule has 1 saturated heterocycles. The van der Waals surface area contributed by atoms with Crippen molar-refractivity contribution in [3.05, 3.63) is 127 Å². The van der Waals surface area contributed by atoms with E-state index >= 15 is 4.39 Å². The molecule has 0 saturated carbocycles. The highest BCUT2D eigenvalue weighted by Crippen LogP contribution is 2.49. The molecule has 2 aromatic carbocycles. The van der Waals surface area contributed by atoms with Crippen molar-refractivity contribution in [1.29, 1.82) is 5.26 Å². The van der Waals surface area contributed by atoms with Gasteiger partial charge in [0.2, 0.25) is 0 Å². The van der Waals surface area contributed by atoms with E-state index in [9.17, 15) is 18.1 Å². The fourth-order valence-corrected chi connectivity index (χ4v) is 7.31. The van der Waals surface area contributed by atoms with E-state index < -0.39 is 55.0 Å². The molecule has 1 fully saturated rings. The Morgan fingerprint density at radius 2 is 1.85 bits per heavy atom. The molecule has 0 amide bonds. The average Bonchev–Trinajstić information content (AvgIpc) is 3.64. The minimum atomic E-state index is -4.28. The summed E-state index contributed by atoms with van der Waals surface area (Å²) in [5, 5.41) is 11.9. The van der Waals surface area contributed by atoms with Gasteiger partial charge in [0.25, 0.3) is 0 Å². The third kappa shape index (κ3) is 11.3. The van der Waals surface area contributed by atoms with E-state index in [0.717, 1.165) is 12.1 Å². The first-order valence-electron chi connectivity index (χ1n) is 15.7. The minimum Gasteiger partial charge on any atom is -0.449 e. The second kappa shape index (κ2) is 19.5. The standard InChI is InChI=1S/C35H36F3N4O8PS/c1-4-14-47-51(44,48-15-5-2)49-21-33(43)50-35(22-42-24-40-23-41-42,30-13-12-28(36)17-32(30)38)25(3)52-29-19-45-34(46-20-29)9-7-6-8-27-11-10-26(18-39)16-31(27)37/h4-13,16-17,23-25,29,34H,1-2,14-15,19-22H2,3H3/t25-,29-,34-,35-/m1/s1. The number of ether oxygens (including phenoxy) is 3. The summed E-state index contributed by atoms with van der Waals surface area (Å²) < 4.78 is 91.6. The maximum absolute atomic E-state index is 15.7. The minimum absolute atomic E-state index is 0.171. The van der Waals surface area contributed by atoms with Crippen molar-refractivity contribution < 1.29 is 50.3 Å². The van der Waals surface area contributed by atoms with Crippen LogP contribution in [0.2, 0.25) is 0 Å². The summed E-state index contributed by atoms with van der Waals surface area (Å²) in [5.41, 5.74) is -1.52. The van der Waals surface area contributed by atoms with Crippen molar-refractivity contribution in [3.63, 3.8) is 0 Å². The number of hydrogen-bond acceptors (Lipinski definition) is 12. The van der Waals surface area contributed by atoms with Crippen LogP contribution in [0.15, 0.2) is 92.6 Å². The van der Waals surface area contributed by atoms with Crippen molar-refractivity contribution in [1.82, 2.24) is 14.8 Å². The predicted molar refractivity (Wildman–Crippen MR) is 186 cm³/mol. The van der Waals surface area contributed by atoms with Gasteiger partial charge in [0, 0.05) is 22.4 Å². The SMILES string of the molecule is C=CCOP(=O)(OCC=C)OCC(=O)O[C@@](Cn1cncn1)(c1ccc(F)cc1F)[C@@H](C)S[C@H]1CO[C@H](C=CC=Cc2ccc(C#N)cc2F)OC1. The van der Waals surface area contributed by atoms with Crippen LogP contribution in [0.3, 0.4) is 0 Å². The van der Waals surface area contributed by atoms with Crippen LogP contribution in [0, 0.1) is 28.8 Å². The fraction of sp³-hybridized carbons (Fsp3) is 0.314. The number of thioether (sulfide) groups is 1. The molecule has 1 aromatic heterocycles. The van der Waals surface area contributed by atoms with Gasteiger partial charge in [-0.3, -0.25) is 13.6 Å². The second-order valence-electron chi connectivity index (χ2n) is 11.0. The van der Waals surface area contributed by atoms with Gasteiger partial charge in [-0.15, -0.1) is 24.9 Å². The Hall–Kier alpha value is -4.33. The lowest BCUT2D eigenvalue weighted by Gasteiger charge is -2.40. The number of phosphoric ester groups is 1. The molecule has 3 aromatic rings. The summed E-state index contributed by atoms with van der Waals surface area (Å²) in [6, 6.07) is 8.91. The molecule has 0 spiro atoms. The molecule has 0 aliphatic carbocycles. The first-order valence-corrected chi connectivity index (χ1v) is 18.1. The lowest BCUT2D eigenvalue weighted by molar-refractivity contribution is -0.166. The number of halogens is 3. The van der Waals surface area contributed by atoms with Gasteiger partial charge < -0.3 is 14.2 Å². The van der Waals surface area contributed by atoms with Crippen LogP contribution in [0.1, 0.15) is 23.6 Å². The van der Waals surface area contributed by atoms with E-state index in [2.05, 4.69) is 23.2 Å². The van der Waals surface area contributed by atoms with Crippen molar-refractivity contribution >= 4 is 31.6 Å². The number of rotatable bonds is 19. The van der Waals surface area contributed by atoms with Crippen molar-refractivity contribution in [3.8, 4) is 6.07 Å². The lowest BCUT2D eigenvalue weighted by atomic mass is 9.89. The highest BCUT2D eigenvalue weighted by atomic mass is 32.2. The number of nitriles is 1. The van der Waals surface area contributed by atoms with Gasteiger partial charge >= 0.3 is 13.8 Å². The smallest absolute Gasteiger partial charge is 0.449 e. The van der Waals surface area contributed by atoms with Crippen LogP contribution < -0.4 is 0 Å². The highest BCUT2D eigenvalue weighted by Gasteiger charge is 2.47. The van der Waals surface area contributed by atoms with Crippen LogP contribution in [0.25, 0.3) is 6.08 Å². The molecule has 0 N–H and O–H groups in total. The van der Waals surface area contributed by atoms with Crippen molar-refractivity contribution in [2.24, 2.45) is 0 Å². The number of carbonyl (C=O) groups is 1. The molecule has 4 rings (SSSR count). The van der Waals surface area contributed by atoms with E-state index in [1.165, 1.54) is 65.5 Å². The zero-order chi connectivity index (χ0) is 37.6. The lowest BCUT2D eigenvalue weighted by Crippen LogP contribution is -2.47. The Morgan fingerprint density at radius 3 is 2.46 bits per heavy atom. The van der Waals surface area contributed by atoms with Crippen molar-refractivity contribution in [2.75, 3.05) is 33.0 Å². The largest absolute Gasteiger partial charge is 0.475 e. The van der Waals surface area contributed by atoms with E-state index in [1.807, 2.05) is 6.07 Å². The Kier molecular flexibility index (Phi) is 15.2. The fourth-order valence-electron chi connectivity index (χ4n) is 4.89. The van der Waals surface area contributed by atoms with E-state index in [1.54, 1.807) is 25.2 Å². The monoisotopic (exact) mass is 760 g/mol. The number of esters is 1. The quantitative estimate of drug-likeness (QED) is 0.0557. The maximum atomic E-state index is 15.7. The normalized spacial score (nSPS) is 18.1. The number of nitrogens with zero attached hydrogens (tertiary/aromatic N) is 4. The summed E-state index contributed by atoms with van der Waals surface area (Å²) in [4.78, 5) is 17.4. The van der Waals surface area contributed by atoms with E-state index in [4.69, 9.17) is 33.0 Å². The van der Waals surface area contributed by atoms with Gasteiger partial charge in [-0.1, -0.05) is 36.4 Å². The number of phosphoric acid groups is 1. The number of hydrogen-bond donors (Lipinski definition) is 0. The van der Waals surface area contributed by atoms with Crippen molar-refractivity contribution in [2.45, 2.75) is 35.9 Å². The number of aromatic nitrogens is 3. The summed E-state index contributed by atoms with van der Waals surface area (Å²) in [6.45, 7) is 7.37. The van der Waals surface area contributed by atoms with Gasteiger partial charge in [0.05, 0.1) is 49.9 Å². The molecular formula is C35H36F3N4O8PS. The third-order valence-electron chi connectivity index (χ3n) is 7.32. The molecule has 1 aliphatic rings. The topological polar surface area (TPSA) is 144 Å². The summed E-state index contributed by atoms with van der Waals surface area (Å²) in [7, 11) is -4.28. The Bertz CT molecular complexity index is 1820. The first kappa shape index (κ1) is 40.4. The molecule has 52 heavy (non-hydrogen) atoms. The Morgan fingerprint density at radius 1 is 1.12 bits per heavy atom. The summed E-state index contributed by atoms with van der Waals surface area (Å²) in [6.07, 6.45) is 10.9. The van der Waals surface area contributed by atoms with Gasteiger partial charge in [-0.25, -0.2) is 32.2 Å². The number of benzene rings is 2. The van der Waals surface area contributed by atoms with Crippen LogP contribution in [0.4, 0.5) is 13.2 Å². The maximum Gasteiger partial charge on any atom is 0.475 e. The molecule has 0 unspecified atom stereocenters. The number of carbonyl (C=O) groups excluding carboxylic acids is 1. The molecule has 0 radical (unpaired) electrons. The molecule has 12 nitrogen and oxygen atoms in total.